The van der Waals surface area contributed by atoms with Gasteiger partial charge in [0.1, 0.15) is 0 Å². The van der Waals surface area contributed by atoms with Gasteiger partial charge in [-0.15, -0.1) is 0 Å². The molecular formula is C11H17ClN2O2S. The van der Waals surface area contributed by atoms with Crippen molar-refractivity contribution in [2.75, 3.05) is 11.9 Å². The van der Waals surface area contributed by atoms with Crippen LogP contribution in [0.5, 0.6) is 0 Å². The third-order valence-corrected chi connectivity index (χ3v) is 4.42. The Hall–Kier alpha value is -0.810. The molecule has 1 atom stereocenters. The third-order valence-electron chi connectivity index (χ3n) is 2.90. The lowest BCUT2D eigenvalue weighted by Crippen LogP contribution is -2.39. The largest absolute Gasteiger partial charge is 0.477 e. The van der Waals surface area contributed by atoms with Gasteiger partial charge in [-0.05, 0) is 12.3 Å². The molecule has 0 radical (unpaired) electrons. The predicted molar refractivity (Wildman–Crippen MR) is 71.4 cm³/mol. The molecule has 0 aliphatic rings. The first kappa shape index (κ1) is 14.3. The van der Waals surface area contributed by atoms with E-state index in [0.29, 0.717) is 5.13 Å². The number of carboxylic acid groups (broad SMARTS) is 1. The van der Waals surface area contributed by atoms with E-state index in [-0.39, 0.29) is 21.5 Å². The van der Waals surface area contributed by atoms with Crippen molar-refractivity contribution in [1.82, 2.24) is 4.98 Å². The van der Waals surface area contributed by atoms with Crippen molar-refractivity contribution >= 4 is 34.0 Å². The maximum atomic E-state index is 10.9. The summed E-state index contributed by atoms with van der Waals surface area (Å²) in [6.07, 6.45) is 0. The second-order valence-corrected chi connectivity index (χ2v) is 6.41. The Kier molecular flexibility index (Phi) is 4.04. The fourth-order valence-corrected chi connectivity index (χ4v) is 2.49. The number of thiazole rings is 1. The number of halogens is 1. The summed E-state index contributed by atoms with van der Waals surface area (Å²) in [5, 5.41) is 9.62. The van der Waals surface area contributed by atoms with Crippen molar-refractivity contribution < 1.29 is 9.90 Å². The summed E-state index contributed by atoms with van der Waals surface area (Å²) >= 11 is 6.90. The molecule has 1 rings (SSSR count). The van der Waals surface area contributed by atoms with Crippen LogP contribution < -0.4 is 4.90 Å². The van der Waals surface area contributed by atoms with Crippen molar-refractivity contribution in [3.63, 3.8) is 0 Å². The Bertz CT molecular complexity index is 426. The Balaban J connectivity index is 3.02. The highest BCUT2D eigenvalue weighted by Crippen LogP contribution is 2.33. The van der Waals surface area contributed by atoms with Gasteiger partial charge in [0, 0.05) is 13.1 Å². The van der Waals surface area contributed by atoms with Crippen LogP contribution in [0.4, 0.5) is 5.13 Å². The van der Waals surface area contributed by atoms with Gasteiger partial charge in [-0.2, -0.15) is 0 Å². The van der Waals surface area contributed by atoms with E-state index in [2.05, 4.69) is 32.7 Å². The Morgan fingerprint density at radius 2 is 2.06 bits per heavy atom. The van der Waals surface area contributed by atoms with Crippen molar-refractivity contribution in [1.29, 1.82) is 0 Å². The third kappa shape index (κ3) is 3.10. The molecule has 1 aromatic heterocycles. The molecular weight excluding hydrogens is 260 g/mol. The smallest absolute Gasteiger partial charge is 0.349 e. The van der Waals surface area contributed by atoms with E-state index in [1.807, 2.05) is 11.9 Å². The van der Waals surface area contributed by atoms with Gasteiger partial charge < -0.3 is 10.0 Å². The molecule has 1 aromatic rings. The number of aromatic carboxylic acids is 1. The molecule has 0 aromatic carbocycles. The second kappa shape index (κ2) is 4.82. The minimum Gasteiger partial charge on any atom is -0.477 e. The van der Waals surface area contributed by atoms with Gasteiger partial charge in [-0.1, -0.05) is 43.7 Å². The number of anilines is 1. The van der Waals surface area contributed by atoms with Crippen LogP contribution in [-0.2, 0) is 0 Å². The SMILES string of the molecule is CC(N(C)c1nc(Cl)c(C(=O)O)s1)C(C)(C)C. The van der Waals surface area contributed by atoms with Gasteiger partial charge in [0.15, 0.2) is 15.2 Å². The van der Waals surface area contributed by atoms with Gasteiger partial charge in [0.25, 0.3) is 0 Å². The first-order valence-electron chi connectivity index (χ1n) is 5.27. The minimum atomic E-state index is -1.03. The molecule has 0 spiro atoms. The lowest BCUT2D eigenvalue weighted by atomic mass is 9.87. The molecule has 1 N–H and O–H groups in total. The molecule has 1 unspecified atom stereocenters. The predicted octanol–water partition coefficient (Wildman–Crippen LogP) is 3.37. The molecule has 0 aliphatic heterocycles. The second-order valence-electron chi connectivity index (χ2n) is 5.07. The quantitative estimate of drug-likeness (QED) is 0.920. The molecule has 0 saturated heterocycles. The summed E-state index contributed by atoms with van der Waals surface area (Å²) in [5.41, 5.74) is 0.0796. The molecule has 0 amide bonds. The van der Waals surface area contributed by atoms with Crippen LogP contribution in [0.1, 0.15) is 37.4 Å². The highest BCUT2D eigenvalue weighted by atomic mass is 35.5. The monoisotopic (exact) mass is 276 g/mol. The molecule has 6 heteroatoms. The van der Waals surface area contributed by atoms with Crippen molar-refractivity contribution in [2.45, 2.75) is 33.7 Å². The molecule has 17 heavy (non-hydrogen) atoms. The summed E-state index contributed by atoms with van der Waals surface area (Å²) in [6, 6.07) is 0.228. The maximum absolute atomic E-state index is 10.9. The van der Waals surface area contributed by atoms with E-state index in [1.54, 1.807) is 0 Å². The average molecular weight is 277 g/mol. The van der Waals surface area contributed by atoms with E-state index in [9.17, 15) is 4.79 Å². The molecule has 96 valence electrons. The maximum Gasteiger partial charge on any atom is 0.349 e. The topological polar surface area (TPSA) is 53.4 Å². The van der Waals surface area contributed by atoms with E-state index in [4.69, 9.17) is 16.7 Å². The van der Waals surface area contributed by atoms with E-state index in [1.165, 1.54) is 0 Å². The Morgan fingerprint density at radius 3 is 2.41 bits per heavy atom. The van der Waals surface area contributed by atoms with E-state index < -0.39 is 5.97 Å². The van der Waals surface area contributed by atoms with Gasteiger partial charge >= 0.3 is 5.97 Å². The summed E-state index contributed by atoms with van der Waals surface area (Å²) in [4.78, 5) is 17.0. The zero-order chi connectivity index (χ0) is 13.4. The van der Waals surface area contributed by atoms with Crippen LogP contribution in [0.25, 0.3) is 0 Å². The van der Waals surface area contributed by atoms with Gasteiger partial charge in [-0.3, -0.25) is 0 Å². The molecule has 0 saturated carbocycles. The van der Waals surface area contributed by atoms with Crippen LogP contribution in [0.3, 0.4) is 0 Å². The summed E-state index contributed by atoms with van der Waals surface area (Å²) in [7, 11) is 1.90. The zero-order valence-corrected chi connectivity index (χ0v) is 12.2. The van der Waals surface area contributed by atoms with Crippen LogP contribution in [0.2, 0.25) is 5.15 Å². The number of aromatic nitrogens is 1. The van der Waals surface area contributed by atoms with Gasteiger partial charge in [-0.25, -0.2) is 9.78 Å². The fourth-order valence-electron chi connectivity index (χ4n) is 1.32. The van der Waals surface area contributed by atoms with Crippen LogP contribution in [0, 0.1) is 5.41 Å². The minimum absolute atomic E-state index is 0.0606. The summed E-state index contributed by atoms with van der Waals surface area (Å²) < 4.78 is 0. The lowest BCUT2D eigenvalue weighted by molar-refractivity contribution is 0.0702. The highest BCUT2D eigenvalue weighted by molar-refractivity contribution is 7.18. The van der Waals surface area contributed by atoms with Gasteiger partial charge in [0.2, 0.25) is 0 Å². The van der Waals surface area contributed by atoms with Crippen LogP contribution in [0.15, 0.2) is 0 Å². The van der Waals surface area contributed by atoms with Crippen molar-refractivity contribution in [3.8, 4) is 0 Å². The van der Waals surface area contributed by atoms with Crippen molar-refractivity contribution in [3.05, 3.63) is 10.0 Å². The zero-order valence-electron chi connectivity index (χ0n) is 10.6. The highest BCUT2D eigenvalue weighted by Gasteiger charge is 2.27. The fraction of sp³-hybridized carbons (Fsp3) is 0.636. The standard InChI is InChI=1S/C11H17ClN2O2S/c1-6(11(2,3)4)14(5)10-13-8(12)7(17-10)9(15)16/h6H,1-5H3,(H,15,16). The van der Waals surface area contributed by atoms with E-state index >= 15 is 0 Å². The summed E-state index contributed by atoms with van der Waals surface area (Å²) in [5.74, 6) is -1.03. The lowest BCUT2D eigenvalue weighted by Gasteiger charge is -2.35. The molecule has 0 aliphatic carbocycles. The number of hydrogen-bond donors (Lipinski definition) is 1. The van der Waals surface area contributed by atoms with Crippen LogP contribution >= 0.6 is 22.9 Å². The normalized spacial score (nSPS) is 13.5. The van der Waals surface area contributed by atoms with E-state index in [0.717, 1.165) is 11.3 Å². The average Bonchev–Trinajstić information content (AvgIpc) is 2.56. The Labute approximate surface area is 110 Å². The summed E-state index contributed by atoms with van der Waals surface area (Å²) in [6.45, 7) is 8.46. The van der Waals surface area contributed by atoms with Gasteiger partial charge in [0.05, 0.1) is 0 Å². The molecule has 1 heterocycles. The first-order valence-corrected chi connectivity index (χ1v) is 6.46. The molecule has 0 bridgehead atoms. The molecule has 4 nitrogen and oxygen atoms in total. The first-order chi connectivity index (χ1) is 7.64. The van der Waals surface area contributed by atoms with Crippen molar-refractivity contribution in [2.24, 2.45) is 5.41 Å². The number of rotatable bonds is 3. The number of nitrogens with zero attached hydrogens (tertiary/aromatic N) is 2. The van der Waals surface area contributed by atoms with Crippen LogP contribution in [-0.4, -0.2) is 29.1 Å². The number of carboxylic acids is 1. The number of hydrogen-bond acceptors (Lipinski definition) is 4. The Morgan fingerprint density at radius 1 is 1.53 bits per heavy atom. The molecule has 0 fully saturated rings. The number of carbonyl (C=O) groups is 1.